The molecule has 15 heavy (non-hydrogen) atoms. The average molecular weight is 229 g/mol. The van der Waals surface area contributed by atoms with Crippen LogP contribution in [-0.4, -0.2) is 23.6 Å². The summed E-state index contributed by atoms with van der Waals surface area (Å²) >= 11 is 5.38. The van der Waals surface area contributed by atoms with Crippen molar-refractivity contribution in [3.05, 3.63) is 35.9 Å². The Morgan fingerprint density at radius 1 is 1.47 bits per heavy atom. The minimum Gasteiger partial charge on any atom is -0.462 e. The first-order valence-corrected chi connectivity index (χ1v) is 5.13. The Morgan fingerprint density at radius 2 is 2.07 bits per heavy atom. The highest BCUT2D eigenvalue weighted by Crippen LogP contribution is 2.21. The number of ether oxygens (including phenoxy) is 1. The van der Waals surface area contributed by atoms with E-state index in [-0.39, 0.29) is 12.5 Å². The van der Waals surface area contributed by atoms with E-state index in [2.05, 4.69) is 0 Å². The first kappa shape index (κ1) is 12.0. The number of carbonyl (C=O) groups excluding carboxylic acids is 1. The first-order chi connectivity index (χ1) is 7.09. The van der Waals surface area contributed by atoms with Crippen molar-refractivity contribution in [3.63, 3.8) is 0 Å². The lowest BCUT2D eigenvalue weighted by Gasteiger charge is -2.21. The standard InChI is InChI=1S/C11H13ClO3/c1-11(14,10(13)15-8-7-12)9-5-3-2-4-6-9/h2-6,14H,7-8H2,1H3. The third-order valence-corrected chi connectivity index (χ3v) is 2.20. The third kappa shape index (κ3) is 2.94. The van der Waals surface area contributed by atoms with Gasteiger partial charge in [0.25, 0.3) is 0 Å². The van der Waals surface area contributed by atoms with E-state index >= 15 is 0 Å². The van der Waals surface area contributed by atoms with Crippen LogP contribution in [-0.2, 0) is 15.1 Å². The molecule has 1 aromatic carbocycles. The van der Waals surface area contributed by atoms with E-state index in [9.17, 15) is 9.90 Å². The molecule has 0 aliphatic carbocycles. The second-order valence-electron chi connectivity index (χ2n) is 3.26. The lowest BCUT2D eigenvalue weighted by molar-refractivity contribution is -0.164. The van der Waals surface area contributed by atoms with Crippen LogP contribution in [0.25, 0.3) is 0 Å². The molecular weight excluding hydrogens is 216 g/mol. The van der Waals surface area contributed by atoms with Gasteiger partial charge in [0.2, 0.25) is 0 Å². The van der Waals surface area contributed by atoms with Gasteiger partial charge < -0.3 is 9.84 Å². The van der Waals surface area contributed by atoms with Crippen LogP contribution in [0, 0.1) is 0 Å². The Balaban J connectivity index is 2.78. The molecule has 1 aromatic rings. The van der Waals surface area contributed by atoms with Crippen molar-refractivity contribution < 1.29 is 14.6 Å². The number of halogens is 1. The molecule has 0 saturated heterocycles. The fraction of sp³-hybridized carbons (Fsp3) is 0.364. The molecule has 4 heteroatoms. The van der Waals surface area contributed by atoms with Crippen LogP contribution in [0.5, 0.6) is 0 Å². The van der Waals surface area contributed by atoms with Gasteiger partial charge >= 0.3 is 5.97 Å². The van der Waals surface area contributed by atoms with E-state index in [1.165, 1.54) is 6.92 Å². The normalized spacial score (nSPS) is 14.3. The maximum atomic E-state index is 11.5. The summed E-state index contributed by atoms with van der Waals surface area (Å²) < 4.78 is 4.79. The van der Waals surface area contributed by atoms with Gasteiger partial charge in [-0.1, -0.05) is 30.3 Å². The summed E-state index contributed by atoms with van der Waals surface area (Å²) in [4.78, 5) is 11.5. The molecule has 82 valence electrons. The molecule has 0 aromatic heterocycles. The van der Waals surface area contributed by atoms with Crippen LogP contribution < -0.4 is 0 Å². The summed E-state index contributed by atoms with van der Waals surface area (Å²) in [6.45, 7) is 1.50. The van der Waals surface area contributed by atoms with E-state index in [4.69, 9.17) is 16.3 Å². The van der Waals surface area contributed by atoms with Crippen molar-refractivity contribution in [1.29, 1.82) is 0 Å². The lowest BCUT2D eigenvalue weighted by Crippen LogP contribution is -2.34. The number of alkyl halides is 1. The van der Waals surface area contributed by atoms with Crippen molar-refractivity contribution in [1.82, 2.24) is 0 Å². The number of carbonyl (C=O) groups is 1. The largest absolute Gasteiger partial charge is 0.462 e. The number of benzene rings is 1. The van der Waals surface area contributed by atoms with Gasteiger partial charge in [0.05, 0.1) is 5.88 Å². The highest BCUT2D eigenvalue weighted by Gasteiger charge is 2.33. The predicted octanol–water partition coefficient (Wildman–Crippen LogP) is 1.68. The summed E-state index contributed by atoms with van der Waals surface area (Å²) in [5.41, 5.74) is -1.11. The van der Waals surface area contributed by atoms with Gasteiger partial charge in [-0.05, 0) is 12.5 Å². The van der Waals surface area contributed by atoms with Gasteiger partial charge in [-0.25, -0.2) is 4.79 Å². The average Bonchev–Trinajstić information content (AvgIpc) is 2.27. The topological polar surface area (TPSA) is 46.5 Å². The van der Waals surface area contributed by atoms with Crippen LogP contribution in [0.4, 0.5) is 0 Å². The molecule has 1 unspecified atom stereocenters. The van der Waals surface area contributed by atoms with Gasteiger partial charge in [0, 0.05) is 0 Å². The molecule has 1 rings (SSSR count). The molecule has 0 spiro atoms. The summed E-state index contributed by atoms with van der Waals surface area (Å²) in [6.07, 6.45) is 0. The Kier molecular flexibility index (Phi) is 4.12. The molecule has 0 bridgehead atoms. The maximum absolute atomic E-state index is 11.5. The van der Waals surface area contributed by atoms with Crippen molar-refractivity contribution in [2.24, 2.45) is 0 Å². The summed E-state index contributed by atoms with van der Waals surface area (Å²) in [5, 5.41) is 9.96. The molecule has 0 heterocycles. The van der Waals surface area contributed by atoms with Crippen molar-refractivity contribution in [2.75, 3.05) is 12.5 Å². The van der Waals surface area contributed by atoms with Crippen LogP contribution >= 0.6 is 11.6 Å². The molecule has 1 N–H and O–H groups in total. The molecule has 0 radical (unpaired) electrons. The summed E-state index contributed by atoms with van der Waals surface area (Å²) in [7, 11) is 0. The minimum atomic E-state index is -1.62. The van der Waals surface area contributed by atoms with Gasteiger partial charge in [0.15, 0.2) is 5.60 Å². The van der Waals surface area contributed by atoms with E-state index in [1.807, 2.05) is 6.07 Å². The van der Waals surface area contributed by atoms with Crippen molar-refractivity contribution in [2.45, 2.75) is 12.5 Å². The summed E-state index contributed by atoms with van der Waals surface area (Å²) in [6, 6.07) is 8.64. The third-order valence-electron chi connectivity index (χ3n) is 2.04. The predicted molar refractivity (Wildman–Crippen MR) is 57.7 cm³/mol. The Morgan fingerprint density at radius 3 is 2.60 bits per heavy atom. The monoisotopic (exact) mass is 228 g/mol. The quantitative estimate of drug-likeness (QED) is 0.630. The Bertz CT molecular complexity index is 322. The minimum absolute atomic E-state index is 0.101. The number of rotatable bonds is 4. The van der Waals surface area contributed by atoms with Crippen LogP contribution in [0.1, 0.15) is 12.5 Å². The molecule has 0 saturated carbocycles. The van der Waals surface area contributed by atoms with E-state index in [0.717, 1.165) is 0 Å². The number of aliphatic hydroxyl groups is 1. The zero-order chi connectivity index (χ0) is 11.3. The van der Waals surface area contributed by atoms with Crippen LogP contribution in [0.2, 0.25) is 0 Å². The smallest absolute Gasteiger partial charge is 0.342 e. The fourth-order valence-electron chi connectivity index (χ4n) is 1.15. The second-order valence-corrected chi connectivity index (χ2v) is 3.64. The van der Waals surface area contributed by atoms with Gasteiger partial charge in [-0.15, -0.1) is 11.6 Å². The van der Waals surface area contributed by atoms with E-state index in [0.29, 0.717) is 5.56 Å². The molecular formula is C11H13ClO3. The SMILES string of the molecule is CC(O)(C(=O)OCCCl)c1ccccc1. The van der Waals surface area contributed by atoms with E-state index < -0.39 is 11.6 Å². The highest BCUT2D eigenvalue weighted by molar-refractivity contribution is 6.18. The molecule has 0 fully saturated rings. The number of esters is 1. The van der Waals surface area contributed by atoms with Gasteiger partial charge in [-0.3, -0.25) is 0 Å². The molecule has 3 nitrogen and oxygen atoms in total. The van der Waals surface area contributed by atoms with Gasteiger partial charge in [-0.2, -0.15) is 0 Å². The van der Waals surface area contributed by atoms with Crippen molar-refractivity contribution in [3.8, 4) is 0 Å². The first-order valence-electron chi connectivity index (χ1n) is 4.60. The van der Waals surface area contributed by atoms with Crippen molar-refractivity contribution >= 4 is 17.6 Å². The molecule has 0 aliphatic heterocycles. The Hall–Kier alpha value is -1.06. The van der Waals surface area contributed by atoms with Crippen LogP contribution in [0.15, 0.2) is 30.3 Å². The fourth-order valence-corrected chi connectivity index (χ4v) is 1.23. The van der Waals surface area contributed by atoms with Crippen LogP contribution in [0.3, 0.4) is 0 Å². The number of hydrogen-bond donors (Lipinski definition) is 1. The molecule has 0 aliphatic rings. The molecule has 1 atom stereocenters. The molecule has 0 amide bonds. The second kappa shape index (κ2) is 5.14. The van der Waals surface area contributed by atoms with E-state index in [1.54, 1.807) is 24.3 Å². The summed E-state index contributed by atoms with van der Waals surface area (Å²) in [5.74, 6) is -0.467. The van der Waals surface area contributed by atoms with Gasteiger partial charge in [0.1, 0.15) is 6.61 Å². The zero-order valence-electron chi connectivity index (χ0n) is 8.44. The zero-order valence-corrected chi connectivity index (χ0v) is 9.20. The maximum Gasteiger partial charge on any atom is 0.342 e. The highest BCUT2D eigenvalue weighted by atomic mass is 35.5. The number of hydrogen-bond acceptors (Lipinski definition) is 3. The Labute approximate surface area is 93.6 Å². The lowest BCUT2D eigenvalue weighted by atomic mass is 9.96.